The molecule has 1 atom stereocenters. The maximum Gasteiger partial charge on any atom is 0.161 e. The topological polar surface area (TPSA) is 74.7 Å². The molecule has 0 saturated heterocycles. The van der Waals surface area contributed by atoms with Gasteiger partial charge in [0.2, 0.25) is 0 Å². The van der Waals surface area contributed by atoms with Gasteiger partial charge in [0.25, 0.3) is 0 Å². The third-order valence-electron chi connectivity index (χ3n) is 1.93. The molecule has 0 saturated carbocycles. The van der Waals surface area contributed by atoms with Crippen molar-refractivity contribution in [2.24, 2.45) is 10.9 Å². The van der Waals surface area contributed by atoms with Crippen molar-refractivity contribution in [3.05, 3.63) is 30.1 Å². The van der Waals surface area contributed by atoms with Crippen molar-refractivity contribution in [2.45, 2.75) is 6.04 Å². The summed E-state index contributed by atoms with van der Waals surface area (Å²) in [4.78, 5) is 5.78. The molecule has 5 nitrogen and oxygen atoms in total. The number of likely N-dealkylation sites (N-methyl/N-ethyl adjacent to an activating group) is 1. The minimum absolute atomic E-state index is 0.168. The van der Waals surface area contributed by atoms with Crippen LogP contribution in [0.25, 0.3) is 0 Å². The number of aromatic nitrogens is 1. The summed E-state index contributed by atoms with van der Waals surface area (Å²) in [6.45, 7) is 0. The van der Waals surface area contributed by atoms with Gasteiger partial charge in [-0.1, -0.05) is 5.16 Å². The van der Waals surface area contributed by atoms with E-state index in [0.717, 1.165) is 5.56 Å². The van der Waals surface area contributed by atoms with Gasteiger partial charge in [-0.2, -0.15) is 0 Å². The van der Waals surface area contributed by atoms with Crippen molar-refractivity contribution in [2.75, 3.05) is 14.1 Å². The summed E-state index contributed by atoms with van der Waals surface area (Å²) in [5.41, 5.74) is 6.53. The molecule has 1 heterocycles. The first-order valence-electron chi connectivity index (χ1n) is 4.20. The number of nitrogens with zero attached hydrogens (tertiary/aromatic N) is 3. The average Bonchev–Trinajstić information content (AvgIpc) is 2.19. The molecule has 3 N–H and O–H groups in total. The summed E-state index contributed by atoms with van der Waals surface area (Å²) >= 11 is 0. The van der Waals surface area contributed by atoms with Crippen LogP contribution in [0.1, 0.15) is 11.6 Å². The van der Waals surface area contributed by atoms with E-state index in [1.54, 1.807) is 12.4 Å². The van der Waals surface area contributed by atoms with Gasteiger partial charge in [-0.05, 0) is 31.8 Å². The Morgan fingerprint density at radius 3 is 2.50 bits per heavy atom. The molecular formula is C9H14N4O. The molecule has 0 amide bonds. The molecule has 1 aromatic rings. The van der Waals surface area contributed by atoms with E-state index < -0.39 is 0 Å². The summed E-state index contributed by atoms with van der Waals surface area (Å²) < 4.78 is 0. The van der Waals surface area contributed by atoms with Gasteiger partial charge in [0.1, 0.15) is 0 Å². The zero-order chi connectivity index (χ0) is 10.6. The van der Waals surface area contributed by atoms with Crippen molar-refractivity contribution >= 4 is 5.84 Å². The minimum atomic E-state index is -0.219. The maximum absolute atomic E-state index is 8.64. The Bertz CT molecular complexity index is 310. The predicted molar refractivity (Wildman–Crippen MR) is 54.1 cm³/mol. The van der Waals surface area contributed by atoms with Gasteiger partial charge in [-0.15, -0.1) is 0 Å². The van der Waals surface area contributed by atoms with Gasteiger partial charge in [-0.25, -0.2) is 0 Å². The van der Waals surface area contributed by atoms with E-state index in [-0.39, 0.29) is 11.9 Å². The third kappa shape index (κ3) is 2.20. The Labute approximate surface area is 82.9 Å². The largest absolute Gasteiger partial charge is 0.409 e. The van der Waals surface area contributed by atoms with Crippen LogP contribution in [0.4, 0.5) is 0 Å². The molecule has 0 spiro atoms. The lowest BCUT2D eigenvalue weighted by Gasteiger charge is -2.22. The number of nitrogens with two attached hydrogens (primary N) is 1. The van der Waals surface area contributed by atoms with Crippen LogP contribution in [0.3, 0.4) is 0 Å². The molecule has 76 valence electrons. The monoisotopic (exact) mass is 194 g/mol. The smallest absolute Gasteiger partial charge is 0.161 e. The summed E-state index contributed by atoms with van der Waals surface area (Å²) in [5, 5.41) is 11.7. The van der Waals surface area contributed by atoms with Crippen LogP contribution in [0, 0.1) is 0 Å². The second kappa shape index (κ2) is 4.57. The van der Waals surface area contributed by atoms with Crippen LogP contribution >= 0.6 is 0 Å². The van der Waals surface area contributed by atoms with Crippen LogP contribution in [-0.2, 0) is 0 Å². The predicted octanol–water partition coefficient (Wildman–Crippen LogP) is 0.431. The first-order chi connectivity index (χ1) is 6.66. The van der Waals surface area contributed by atoms with Crippen molar-refractivity contribution in [3.8, 4) is 0 Å². The Hall–Kier alpha value is -1.62. The molecule has 0 fully saturated rings. The Balaban J connectivity index is 3.01. The van der Waals surface area contributed by atoms with E-state index in [1.807, 2.05) is 31.1 Å². The Morgan fingerprint density at radius 1 is 1.50 bits per heavy atom. The second-order valence-electron chi connectivity index (χ2n) is 3.17. The van der Waals surface area contributed by atoms with Crippen molar-refractivity contribution < 1.29 is 5.21 Å². The fraction of sp³-hybridized carbons (Fsp3) is 0.333. The van der Waals surface area contributed by atoms with Crippen LogP contribution in [-0.4, -0.2) is 35.0 Å². The van der Waals surface area contributed by atoms with E-state index in [2.05, 4.69) is 10.1 Å². The van der Waals surface area contributed by atoms with E-state index in [0.29, 0.717) is 0 Å². The Morgan fingerprint density at radius 2 is 2.07 bits per heavy atom. The van der Waals surface area contributed by atoms with Gasteiger partial charge in [0.05, 0.1) is 6.04 Å². The number of pyridine rings is 1. The highest BCUT2D eigenvalue weighted by Crippen LogP contribution is 2.16. The van der Waals surface area contributed by atoms with Crippen LogP contribution < -0.4 is 5.73 Å². The standard InChI is InChI=1S/C9H14N4O/c1-13(2)8(9(10)12-14)7-3-5-11-6-4-7/h3-6,8,14H,1-2H3,(H2,10,12). The molecule has 0 radical (unpaired) electrons. The van der Waals surface area contributed by atoms with Gasteiger partial charge in [0.15, 0.2) is 5.84 Å². The molecule has 0 aliphatic heterocycles. The molecule has 0 bridgehead atoms. The van der Waals surface area contributed by atoms with E-state index in [1.165, 1.54) is 0 Å². The van der Waals surface area contributed by atoms with E-state index in [4.69, 9.17) is 10.9 Å². The normalized spacial score (nSPS) is 14.4. The maximum atomic E-state index is 8.64. The molecule has 0 aromatic carbocycles. The SMILES string of the molecule is CN(C)C(/C(N)=N/O)c1ccncc1. The van der Waals surface area contributed by atoms with E-state index in [9.17, 15) is 0 Å². The van der Waals surface area contributed by atoms with Gasteiger partial charge in [0, 0.05) is 12.4 Å². The van der Waals surface area contributed by atoms with Crippen molar-refractivity contribution in [1.82, 2.24) is 9.88 Å². The molecular weight excluding hydrogens is 180 g/mol. The van der Waals surface area contributed by atoms with E-state index >= 15 is 0 Å². The lowest BCUT2D eigenvalue weighted by molar-refractivity contribution is 0.301. The highest BCUT2D eigenvalue weighted by Gasteiger charge is 2.18. The minimum Gasteiger partial charge on any atom is -0.409 e. The van der Waals surface area contributed by atoms with Crippen molar-refractivity contribution in [3.63, 3.8) is 0 Å². The summed E-state index contributed by atoms with van der Waals surface area (Å²) in [7, 11) is 3.73. The molecule has 5 heteroatoms. The first-order valence-corrected chi connectivity index (χ1v) is 4.20. The lowest BCUT2D eigenvalue weighted by atomic mass is 10.1. The lowest BCUT2D eigenvalue weighted by Crippen LogP contribution is -2.33. The number of hydrogen-bond donors (Lipinski definition) is 2. The average molecular weight is 194 g/mol. The van der Waals surface area contributed by atoms with Crippen LogP contribution in [0.2, 0.25) is 0 Å². The highest BCUT2D eigenvalue weighted by molar-refractivity contribution is 5.86. The van der Waals surface area contributed by atoms with Gasteiger partial charge in [-0.3, -0.25) is 9.88 Å². The fourth-order valence-electron chi connectivity index (χ4n) is 1.33. The Kier molecular flexibility index (Phi) is 3.41. The molecule has 1 rings (SSSR count). The number of oxime groups is 1. The molecule has 0 aliphatic rings. The highest BCUT2D eigenvalue weighted by atomic mass is 16.4. The quantitative estimate of drug-likeness (QED) is 0.317. The van der Waals surface area contributed by atoms with Gasteiger partial charge < -0.3 is 10.9 Å². The molecule has 14 heavy (non-hydrogen) atoms. The first kappa shape index (κ1) is 10.5. The summed E-state index contributed by atoms with van der Waals surface area (Å²) in [5.74, 6) is 0.168. The third-order valence-corrected chi connectivity index (χ3v) is 1.93. The summed E-state index contributed by atoms with van der Waals surface area (Å²) in [6, 6.07) is 3.45. The fourth-order valence-corrected chi connectivity index (χ4v) is 1.33. The second-order valence-corrected chi connectivity index (χ2v) is 3.17. The zero-order valence-electron chi connectivity index (χ0n) is 8.25. The molecule has 1 unspecified atom stereocenters. The van der Waals surface area contributed by atoms with Crippen LogP contribution in [0.5, 0.6) is 0 Å². The number of rotatable bonds is 3. The number of hydrogen-bond acceptors (Lipinski definition) is 4. The van der Waals surface area contributed by atoms with Crippen LogP contribution in [0.15, 0.2) is 29.7 Å². The summed E-state index contributed by atoms with van der Waals surface area (Å²) in [6.07, 6.45) is 3.35. The van der Waals surface area contributed by atoms with Crippen molar-refractivity contribution in [1.29, 1.82) is 0 Å². The molecule has 0 aliphatic carbocycles. The molecule has 1 aromatic heterocycles. The van der Waals surface area contributed by atoms with Gasteiger partial charge >= 0.3 is 0 Å². The number of amidine groups is 1. The zero-order valence-corrected chi connectivity index (χ0v) is 8.25.